The molecule has 1 aliphatic rings. The van der Waals surface area contributed by atoms with Crippen LogP contribution in [0, 0.1) is 5.41 Å². The van der Waals surface area contributed by atoms with Crippen molar-refractivity contribution >= 4 is 23.2 Å². The summed E-state index contributed by atoms with van der Waals surface area (Å²) in [7, 11) is 0. The van der Waals surface area contributed by atoms with Crippen molar-refractivity contribution in [1.82, 2.24) is 10.2 Å². The van der Waals surface area contributed by atoms with Gasteiger partial charge in [-0.3, -0.25) is 9.59 Å². The average Bonchev–Trinajstić information content (AvgIpc) is 3.22. The third kappa shape index (κ3) is 4.87. The molecule has 3 rings (SSSR count). The van der Waals surface area contributed by atoms with Crippen LogP contribution in [0.15, 0.2) is 41.8 Å². The van der Waals surface area contributed by atoms with Crippen molar-refractivity contribution in [2.45, 2.75) is 39.7 Å². The Morgan fingerprint density at radius 2 is 1.93 bits per heavy atom. The zero-order valence-electron chi connectivity index (χ0n) is 17.7. The number of ether oxygens (including phenoxy) is 1. The number of amides is 2. The van der Waals surface area contributed by atoms with Crippen LogP contribution < -0.4 is 5.32 Å². The second-order valence-electron chi connectivity index (χ2n) is 8.53. The second-order valence-corrected chi connectivity index (χ2v) is 9.48. The first-order chi connectivity index (χ1) is 13.7. The molecule has 2 heterocycles. The predicted octanol–water partition coefficient (Wildman–Crippen LogP) is 3.74. The van der Waals surface area contributed by atoms with Crippen molar-refractivity contribution in [3.05, 3.63) is 47.3 Å². The van der Waals surface area contributed by atoms with Gasteiger partial charge >= 0.3 is 0 Å². The van der Waals surface area contributed by atoms with Gasteiger partial charge in [-0.05, 0) is 29.5 Å². The Bertz CT molecular complexity index is 840. The molecule has 1 aromatic carbocycles. The quantitative estimate of drug-likeness (QED) is 0.811. The zero-order chi connectivity index (χ0) is 21.1. The van der Waals surface area contributed by atoms with Crippen molar-refractivity contribution in [3.8, 4) is 10.4 Å². The smallest absolute Gasteiger partial charge is 0.254 e. The number of nitrogens with zero attached hydrogens (tertiary/aromatic N) is 1. The third-order valence-corrected chi connectivity index (χ3v) is 6.03. The number of hydrogen-bond acceptors (Lipinski definition) is 4. The van der Waals surface area contributed by atoms with Gasteiger partial charge in [0.25, 0.3) is 5.91 Å². The van der Waals surface area contributed by atoms with Crippen molar-refractivity contribution < 1.29 is 14.3 Å². The van der Waals surface area contributed by atoms with Gasteiger partial charge in [-0.15, -0.1) is 11.3 Å². The summed E-state index contributed by atoms with van der Waals surface area (Å²) in [4.78, 5) is 28.9. The van der Waals surface area contributed by atoms with E-state index in [1.807, 2.05) is 45.9 Å². The molecule has 0 aliphatic carbocycles. The van der Waals surface area contributed by atoms with Crippen LogP contribution >= 0.6 is 11.3 Å². The largest absolute Gasteiger partial charge is 0.361 e. The van der Waals surface area contributed by atoms with E-state index in [0.717, 1.165) is 11.1 Å². The minimum atomic E-state index is -1.07. The Kier molecular flexibility index (Phi) is 6.44. The van der Waals surface area contributed by atoms with Crippen molar-refractivity contribution in [2.75, 3.05) is 26.2 Å². The molecular formula is C23H30N2O3S. The van der Waals surface area contributed by atoms with Gasteiger partial charge in [0.2, 0.25) is 5.91 Å². The summed E-state index contributed by atoms with van der Waals surface area (Å²) in [6, 6.07) is 12.4. The van der Waals surface area contributed by atoms with Gasteiger partial charge in [0.05, 0.1) is 13.2 Å². The van der Waals surface area contributed by atoms with Crippen LogP contribution in [-0.4, -0.2) is 48.6 Å². The summed E-state index contributed by atoms with van der Waals surface area (Å²) in [5, 5.41) is 4.97. The fourth-order valence-corrected chi connectivity index (χ4v) is 4.37. The van der Waals surface area contributed by atoms with Crippen molar-refractivity contribution in [3.63, 3.8) is 0 Å². The van der Waals surface area contributed by atoms with E-state index >= 15 is 0 Å². The zero-order valence-corrected chi connectivity index (χ0v) is 18.5. The van der Waals surface area contributed by atoms with E-state index in [9.17, 15) is 9.59 Å². The molecule has 0 saturated carbocycles. The van der Waals surface area contributed by atoms with Crippen LogP contribution in [0.4, 0.5) is 0 Å². The van der Waals surface area contributed by atoms with E-state index in [4.69, 9.17) is 4.74 Å². The Morgan fingerprint density at radius 3 is 2.52 bits per heavy atom. The van der Waals surface area contributed by atoms with Crippen LogP contribution in [0.25, 0.3) is 10.4 Å². The van der Waals surface area contributed by atoms with Gasteiger partial charge in [0.1, 0.15) is 0 Å². The van der Waals surface area contributed by atoms with E-state index in [0.29, 0.717) is 26.1 Å². The number of nitrogens with one attached hydrogen (secondary N) is 1. The molecule has 0 unspecified atom stereocenters. The number of likely N-dealkylation sites (N-methyl/N-ethyl adjacent to an activating group) is 1. The molecule has 0 bridgehead atoms. The lowest BCUT2D eigenvalue weighted by atomic mass is 9.88. The normalized spacial score (nSPS) is 19.8. The predicted molar refractivity (Wildman–Crippen MR) is 117 cm³/mol. The molecule has 1 fully saturated rings. The Balaban J connectivity index is 1.85. The molecule has 1 atom stereocenters. The van der Waals surface area contributed by atoms with Crippen molar-refractivity contribution in [1.29, 1.82) is 0 Å². The molecule has 5 nitrogen and oxygen atoms in total. The maximum Gasteiger partial charge on any atom is 0.254 e. The Hall–Kier alpha value is -2.18. The van der Waals surface area contributed by atoms with E-state index in [2.05, 4.69) is 28.9 Å². The monoisotopic (exact) mass is 414 g/mol. The number of hydrogen-bond donors (Lipinski definition) is 1. The fourth-order valence-electron chi connectivity index (χ4n) is 3.64. The number of carbonyl (C=O) groups excluding carboxylic acids is 2. The molecule has 1 aromatic heterocycles. The summed E-state index contributed by atoms with van der Waals surface area (Å²) in [6.45, 7) is 9.25. The van der Waals surface area contributed by atoms with Crippen LogP contribution in [-0.2, 0) is 20.7 Å². The van der Waals surface area contributed by atoms with Crippen LogP contribution in [0.1, 0.15) is 33.3 Å². The summed E-state index contributed by atoms with van der Waals surface area (Å²) >= 11 is 1.70. The standard InChI is InChI=1S/C23H30N2O3S/c1-5-24-20(26)23(16-25(12-13-28-23)21(27)22(2,3)4)15-17-8-10-18(11-9-17)19-7-6-14-29-19/h6-11,14H,5,12-13,15-16H2,1-4H3,(H,24,26)/t23-/m0/s1. The topological polar surface area (TPSA) is 58.6 Å². The molecular weight excluding hydrogens is 384 g/mol. The Labute approximate surface area is 177 Å². The van der Waals surface area contributed by atoms with E-state index in [-0.39, 0.29) is 18.4 Å². The van der Waals surface area contributed by atoms with Crippen molar-refractivity contribution in [2.24, 2.45) is 5.41 Å². The van der Waals surface area contributed by atoms with Gasteiger partial charge in [-0.2, -0.15) is 0 Å². The minimum absolute atomic E-state index is 0.0440. The summed E-state index contributed by atoms with van der Waals surface area (Å²) in [5.74, 6) is -0.115. The first-order valence-corrected chi connectivity index (χ1v) is 11.0. The number of benzene rings is 1. The molecule has 156 valence electrons. The lowest BCUT2D eigenvalue weighted by Gasteiger charge is -2.43. The van der Waals surface area contributed by atoms with Crippen LogP contribution in [0.2, 0.25) is 0 Å². The minimum Gasteiger partial charge on any atom is -0.361 e. The molecule has 29 heavy (non-hydrogen) atoms. The van der Waals surface area contributed by atoms with Gasteiger partial charge in [-0.1, -0.05) is 51.1 Å². The van der Waals surface area contributed by atoms with Gasteiger partial charge in [0, 0.05) is 29.8 Å². The van der Waals surface area contributed by atoms with E-state index in [1.165, 1.54) is 4.88 Å². The fraction of sp³-hybridized carbons (Fsp3) is 0.478. The van der Waals surface area contributed by atoms with Gasteiger partial charge < -0.3 is 15.0 Å². The highest BCUT2D eigenvalue weighted by Crippen LogP contribution is 2.29. The highest BCUT2D eigenvalue weighted by molar-refractivity contribution is 7.13. The van der Waals surface area contributed by atoms with Gasteiger partial charge in [0.15, 0.2) is 5.60 Å². The molecule has 2 amide bonds. The van der Waals surface area contributed by atoms with Crippen LogP contribution in [0.5, 0.6) is 0 Å². The van der Waals surface area contributed by atoms with Crippen LogP contribution in [0.3, 0.4) is 0 Å². The second kappa shape index (κ2) is 8.67. The molecule has 0 spiro atoms. The summed E-state index contributed by atoms with van der Waals surface area (Å²) in [5.41, 5.74) is 0.610. The first-order valence-electron chi connectivity index (χ1n) is 10.1. The lowest BCUT2D eigenvalue weighted by Crippen LogP contribution is -2.63. The van der Waals surface area contributed by atoms with E-state index in [1.54, 1.807) is 16.2 Å². The van der Waals surface area contributed by atoms with E-state index < -0.39 is 11.0 Å². The number of rotatable bonds is 5. The lowest BCUT2D eigenvalue weighted by molar-refractivity contribution is -0.169. The number of morpholine rings is 1. The maximum absolute atomic E-state index is 13.0. The highest BCUT2D eigenvalue weighted by atomic mass is 32.1. The molecule has 2 aromatic rings. The SMILES string of the molecule is CCNC(=O)[C@]1(Cc2ccc(-c3cccs3)cc2)CN(C(=O)C(C)(C)C)CCO1. The molecule has 1 N–H and O–H groups in total. The maximum atomic E-state index is 13.0. The highest BCUT2D eigenvalue weighted by Gasteiger charge is 2.46. The summed E-state index contributed by atoms with van der Waals surface area (Å²) in [6.07, 6.45) is 0.428. The first kappa shape index (κ1) is 21.5. The average molecular weight is 415 g/mol. The Morgan fingerprint density at radius 1 is 1.21 bits per heavy atom. The number of carbonyl (C=O) groups is 2. The molecule has 0 radical (unpaired) electrons. The molecule has 1 saturated heterocycles. The number of thiophene rings is 1. The molecule has 1 aliphatic heterocycles. The molecule has 6 heteroatoms. The third-order valence-electron chi connectivity index (χ3n) is 5.12. The van der Waals surface area contributed by atoms with Gasteiger partial charge in [-0.25, -0.2) is 0 Å². The summed E-state index contributed by atoms with van der Waals surface area (Å²) < 4.78 is 6.08.